The van der Waals surface area contributed by atoms with Crippen molar-refractivity contribution in [1.29, 1.82) is 0 Å². The molecule has 0 saturated heterocycles. The van der Waals surface area contributed by atoms with E-state index in [2.05, 4.69) is 193 Å². The van der Waals surface area contributed by atoms with Gasteiger partial charge in [-0.2, -0.15) is 23.4 Å². The third kappa shape index (κ3) is 5.13. The second-order valence-corrected chi connectivity index (χ2v) is 19.8. The molecule has 7 aromatic carbocycles. The van der Waals surface area contributed by atoms with Crippen LogP contribution in [0.25, 0.3) is 54.9 Å². The van der Waals surface area contributed by atoms with Crippen molar-refractivity contribution in [3.63, 3.8) is 0 Å². The Morgan fingerprint density at radius 3 is 2.05 bits per heavy atom. The molecule has 0 atom stereocenters. The van der Waals surface area contributed by atoms with Gasteiger partial charge >= 0.3 is 20.4 Å². The smallest absolute Gasteiger partial charge is 0.457 e. The Labute approximate surface area is 362 Å². The first-order valence-corrected chi connectivity index (χ1v) is 22.1. The summed E-state index contributed by atoms with van der Waals surface area (Å²) in [4.78, 5) is 9.96. The Balaban J connectivity index is 0.00000408. The number of ether oxygens (including phenoxy) is 1. The number of pyridine rings is 2. The van der Waals surface area contributed by atoms with Gasteiger partial charge in [-0.3, -0.25) is 4.98 Å². The molecular weight excluding hydrogens is 843 g/mol. The first kappa shape index (κ1) is 36.5. The topological polar surface area (TPSA) is 44.4 Å². The quantitative estimate of drug-likeness (QED) is 0.0750. The number of benzene rings is 7. The normalized spacial score (nSPS) is 13.3. The largest absolute Gasteiger partial charge is 2.00 e. The SMILES string of the molecule is CC1(C)c2ccccc2Oc2cc3c(cc21)c1cccnc1n3-c1[c-]c([Si](c2[c-]c3c(cc2)c2ccccc2n2ccnc32)(c2ccccc2)c2ccccc2)ccc1.[Pd+2]. The summed E-state index contributed by atoms with van der Waals surface area (Å²) in [6, 6.07) is 67.0. The van der Waals surface area contributed by atoms with Crippen molar-refractivity contribution < 1.29 is 25.2 Å². The third-order valence-corrected chi connectivity index (χ3v) is 17.2. The summed E-state index contributed by atoms with van der Waals surface area (Å²) in [7, 11) is -3.12. The van der Waals surface area contributed by atoms with E-state index in [0.29, 0.717) is 0 Å². The van der Waals surface area contributed by atoms with E-state index in [1.807, 2.05) is 24.5 Å². The van der Waals surface area contributed by atoms with Crippen molar-refractivity contribution in [2.24, 2.45) is 0 Å². The summed E-state index contributed by atoms with van der Waals surface area (Å²) >= 11 is 0. The summed E-state index contributed by atoms with van der Waals surface area (Å²) in [5, 5.41) is 10.3. The standard InChI is InChI=1S/C53H36N4OSi.Pd/c1-53(2)45-23-10-12-25-49(45)58-50-34-48-43(33-46(50)53)42-22-14-28-54-52(42)57(48)35-15-13-20-38(31-35)59(36-16-5-3-6-17-36,37-18-7-4-8-19-37)39-26-27-40-41-21-9-11-24-47(41)56-30-29-55-51(56)44(40)32-39;/h3-30,33-34H,1-2H3;/q-2;+2. The van der Waals surface area contributed by atoms with Crippen LogP contribution in [0.4, 0.5) is 0 Å². The van der Waals surface area contributed by atoms with Gasteiger partial charge in [-0.25, -0.2) is 4.98 Å². The van der Waals surface area contributed by atoms with Gasteiger partial charge in [-0.05, 0) is 46.1 Å². The predicted molar refractivity (Wildman–Crippen MR) is 242 cm³/mol. The molecule has 0 amide bonds. The number of aromatic nitrogens is 4. The van der Waals surface area contributed by atoms with Crippen LogP contribution in [0, 0.1) is 12.1 Å². The van der Waals surface area contributed by atoms with Gasteiger partial charge in [0.1, 0.15) is 25.2 Å². The van der Waals surface area contributed by atoms with Crippen LogP contribution in [0.1, 0.15) is 25.0 Å². The summed E-state index contributed by atoms with van der Waals surface area (Å²) in [6.07, 6.45) is 5.82. The van der Waals surface area contributed by atoms with E-state index in [1.165, 1.54) is 21.3 Å². The van der Waals surface area contributed by atoms with Crippen LogP contribution in [0.2, 0.25) is 0 Å². The monoisotopic (exact) mass is 878 g/mol. The second-order valence-electron chi connectivity index (χ2n) is 16.0. The number of hydrogen-bond acceptors (Lipinski definition) is 3. The van der Waals surface area contributed by atoms with Gasteiger partial charge in [0.15, 0.2) is 0 Å². The molecule has 0 N–H and O–H groups in total. The van der Waals surface area contributed by atoms with Crippen LogP contribution in [-0.4, -0.2) is 27.0 Å². The van der Waals surface area contributed by atoms with Gasteiger partial charge in [-0.15, -0.1) is 34.8 Å². The van der Waals surface area contributed by atoms with Crippen LogP contribution in [0.15, 0.2) is 182 Å². The van der Waals surface area contributed by atoms with Gasteiger partial charge in [-0.1, -0.05) is 122 Å². The van der Waals surface area contributed by atoms with Crippen molar-refractivity contribution in [1.82, 2.24) is 18.9 Å². The maximum atomic E-state index is 6.70. The Morgan fingerprint density at radius 2 is 1.23 bits per heavy atom. The number of para-hydroxylation sites is 2. The summed E-state index contributed by atoms with van der Waals surface area (Å²) in [6.45, 7) is 4.57. The number of imidazole rings is 1. The minimum atomic E-state index is -3.12. The fourth-order valence-corrected chi connectivity index (χ4v) is 14.4. The minimum Gasteiger partial charge on any atom is -0.457 e. The average molecular weight is 879 g/mol. The van der Waals surface area contributed by atoms with Crippen molar-refractivity contribution in [3.8, 4) is 17.2 Å². The maximum Gasteiger partial charge on any atom is 2.00 e. The van der Waals surface area contributed by atoms with E-state index < -0.39 is 8.07 Å². The molecule has 0 bridgehead atoms. The van der Waals surface area contributed by atoms with E-state index in [9.17, 15) is 0 Å². The molecule has 12 rings (SSSR count). The first-order chi connectivity index (χ1) is 29.0. The molecule has 11 aromatic rings. The molecule has 0 aliphatic carbocycles. The zero-order valence-electron chi connectivity index (χ0n) is 32.8. The van der Waals surface area contributed by atoms with Crippen LogP contribution in [-0.2, 0) is 25.8 Å². The molecule has 0 fully saturated rings. The van der Waals surface area contributed by atoms with Crippen LogP contribution in [0.5, 0.6) is 11.5 Å². The third-order valence-electron chi connectivity index (χ3n) is 12.6. The molecule has 7 heteroatoms. The molecule has 5 heterocycles. The van der Waals surface area contributed by atoms with Gasteiger partial charge in [0.25, 0.3) is 0 Å². The zero-order valence-corrected chi connectivity index (χ0v) is 35.4. The number of hydrogen-bond donors (Lipinski definition) is 0. The fourth-order valence-electron chi connectivity index (χ4n) is 9.85. The van der Waals surface area contributed by atoms with E-state index in [-0.39, 0.29) is 25.8 Å². The molecule has 0 saturated carbocycles. The molecule has 0 unspecified atom stereocenters. The maximum absolute atomic E-state index is 6.70. The summed E-state index contributed by atoms with van der Waals surface area (Å²) in [5.74, 6) is 1.76. The number of rotatable bonds is 5. The van der Waals surface area contributed by atoms with Crippen molar-refractivity contribution in [3.05, 3.63) is 206 Å². The number of fused-ring (bicyclic) bond motifs is 11. The van der Waals surface area contributed by atoms with Crippen LogP contribution in [0.3, 0.4) is 0 Å². The van der Waals surface area contributed by atoms with Crippen molar-refractivity contribution in [2.75, 3.05) is 0 Å². The Hall–Kier alpha value is -6.62. The average Bonchev–Trinajstić information content (AvgIpc) is 3.91. The minimum absolute atomic E-state index is 0. The van der Waals surface area contributed by atoms with Gasteiger partial charge < -0.3 is 13.7 Å². The fraction of sp³-hybridized carbons (Fsp3) is 0.0566. The molecule has 0 spiro atoms. The van der Waals surface area contributed by atoms with Crippen molar-refractivity contribution >= 4 is 78.1 Å². The number of nitrogens with zero attached hydrogens (tertiary/aromatic N) is 4. The Kier molecular flexibility index (Phi) is 8.34. The molecule has 4 aromatic heterocycles. The molecule has 288 valence electrons. The predicted octanol–water partition coefficient (Wildman–Crippen LogP) is 9.54. The molecule has 1 aliphatic rings. The molecule has 60 heavy (non-hydrogen) atoms. The Bertz CT molecular complexity index is 3430. The molecule has 1 aliphatic heterocycles. The van der Waals surface area contributed by atoms with Crippen molar-refractivity contribution in [2.45, 2.75) is 19.3 Å². The van der Waals surface area contributed by atoms with E-state index in [0.717, 1.165) is 77.0 Å². The summed E-state index contributed by atoms with van der Waals surface area (Å²) < 4.78 is 11.2. The molecule has 5 nitrogen and oxygen atoms in total. The van der Waals surface area contributed by atoms with Gasteiger partial charge in [0.2, 0.25) is 0 Å². The van der Waals surface area contributed by atoms with Gasteiger partial charge in [0.05, 0.1) is 11.2 Å². The summed E-state index contributed by atoms with van der Waals surface area (Å²) in [5.41, 5.74) is 6.95. The zero-order chi connectivity index (χ0) is 39.3. The van der Waals surface area contributed by atoms with E-state index in [1.54, 1.807) is 0 Å². The first-order valence-electron chi connectivity index (χ1n) is 20.1. The Morgan fingerprint density at radius 1 is 0.533 bits per heavy atom. The molecule has 0 radical (unpaired) electrons. The second kappa shape index (κ2) is 13.7. The van der Waals surface area contributed by atoms with Gasteiger partial charge in [0, 0.05) is 57.5 Å². The van der Waals surface area contributed by atoms with Crippen LogP contribution >= 0.6 is 0 Å². The van der Waals surface area contributed by atoms with Crippen LogP contribution < -0.4 is 25.5 Å². The van der Waals surface area contributed by atoms with E-state index >= 15 is 0 Å². The molecular formula is C53H36N4OPdSi. The van der Waals surface area contributed by atoms with E-state index in [4.69, 9.17) is 14.7 Å².